The van der Waals surface area contributed by atoms with Crippen LogP contribution in [0.25, 0.3) is 0 Å². The smallest absolute Gasteiger partial charge is 0.335 e. The highest BCUT2D eigenvalue weighted by Crippen LogP contribution is 2.25. The normalized spacial score (nSPS) is 24.5. The van der Waals surface area contributed by atoms with E-state index in [2.05, 4.69) is 0 Å². The van der Waals surface area contributed by atoms with Gasteiger partial charge in [0.2, 0.25) is 10.0 Å². The standard InChI is InChI=1S/C14H19NO5S/c1-14(18)7-2-9-15(10-8-14)21(19,20)12-5-3-11(4-6-12)13(16)17/h3-6,18H,2,7-10H2,1H3,(H,16,17). The highest BCUT2D eigenvalue weighted by atomic mass is 32.2. The molecule has 1 aromatic rings. The minimum atomic E-state index is -3.65. The molecule has 0 bridgehead atoms. The van der Waals surface area contributed by atoms with Crippen molar-refractivity contribution in [3.63, 3.8) is 0 Å². The van der Waals surface area contributed by atoms with Gasteiger partial charge in [-0.15, -0.1) is 0 Å². The molecular weight excluding hydrogens is 294 g/mol. The van der Waals surface area contributed by atoms with Gasteiger partial charge in [0.25, 0.3) is 0 Å². The number of rotatable bonds is 3. The highest BCUT2D eigenvalue weighted by molar-refractivity contribution is 7.89. The summed E-state index contributed by atoms with van der Waals surface area (Å²) >= 11 is 0. The lowest BCUT2D eigenvalue weighted by Crippen LogP contribution is -2.33. The van der Waals surface area contributed by atoms with E-state index in [0.717, 1.165) is 0 Å². The van der Waals surface area contributed by atoms with Gasteiger partial charge in [-0.2, -0.15) is 4.31 Å². The molecule has 0 radical (unpaired) electrons. The van der Waals surface area contributed by atoms with Gasteiger partial charge < -0.3 is 10.2 Å². The third-order valence-electron chi connectivity index (χ3n) is 3.76. The molecule has 1 aliphatic heterocycles. The predicted molar refractivity (Wildman–Crippen MR) is 76.6 cm³/mol. The second-order valence-electron chi connectivity index (χ2n) is 5.58. The summed E-state index contributed by atoms with van der Waals surface area (Å²) in [5.74, 6) is -1.09. The SMILES string of the molecule is CC1(O)CCCN(S(=O)(=O)c2ccc(C(=O)O)cc2)CC1. The van der Waals surface area contributed by atoms with Crippen molar-refractivity contribution in [2.45, 2.75) is 36.7 Å². The summed E-state index contributed by atoms with van der Waals surface area (Å²) in [6.45, 7) is 2.33. The van der Waals surface area contributed by atoms with Crippen molar-refractivity contribution in [3.05, 3.63) is 29.8 Å². The largest absolute Gasteiger partial charge is 0.478 e. The Morgan fingerprint density at radius 3 is 2.38 bits per heavy atom. The van der Waals surface area contributed by atoms with E-state index < -0.39 is 21.6 Å². The zero-order valence-electron chi connectivity index (χ0n) is 11.8. The fourth-order valence-electron chi connectivity index (χ4n) is 2.40. The molecule has 1 saturated heterocycles. The Labute approximate surface area is 124 Å². The zero-order valence-corrected chi connectivity index (χ0v) is 12.6. The molecule has 0 amide bonds. The van der Waals surface area contributed by atoms with E-state index in [9.17, 15) is 18.3 Å². The van der Waals surface area contributed by atoms with Crippen molar-refractivity contribution < 1.29 is 23.4 Å². The van der Waals surface area contributed by atoms with E-state index in [1.54, 1.807) is 6.92 Å². The van der Waals surface area contributed by atoms with Crippen LogP contribution in [-0.2, 0) is 10.0 Å². The number of hydrogen-bond donors (Lipinski definition) is 2. The first-order valence-electron chi connectivity index (χ1n) is 6.78. The maximum Gasteiger partial charge on any atom is 0.335 e. The summed E-state index contributed by atoms with van der Waals surface area (Å²) in [7, 11) is -3.65. The Balaban J connectivity index is 2.23. The van der Waals surface area contributed by atoms with Gasteiger partial charge in [0.1, 0.15) is 0 Å². The number of aliphatic hydroxyl groups is 1. The number of carboxylic acids is 1. The van der Waals surface area contributed by atoms with E-state index in [1.807, 2.05) is 0 Å². The van der Waals surface area contributed by atoms with E-state index in [4.69, 9.17) is 5.11 Å². The maximum absolute atomic E-state index is 12.5. The van der Waals surface area contributed by atoms with Crippen LogP contribution in [0, 0.1) is 0 Å². The summed E-state index contributed by atoms with van der Waals surface area (Å²) in [6, 6.07) is 5.18. The highest BCUT2D eigenvalue weighted by Gasteiger charge is 2.31. The van der Waals surface area contributed by atoms with Crippen molar-refractivity contribution >= 4 is 16.0 Å². The van der Waals surface area contributed by atoms with Crippen molar-refractivity contribution in [1.29, 1.82) is 0 Å². The average molecular weight is 313 g/mol. The van der Waals surface area contributed by atoms with Gasteiger partial charge in [-0.05, 0) is 50.5 Å². The van der Waals surface area contributed by atoms with Gasteiger partial charge in [0.05, 0.1) is 16.1 Å². The van der Waals surface area contributed by atoms with E-state index in [-0.39, 0.29) is 17.0 Å². The maximum atomic E-state index is 12.5. The molecule has 1 aliphatic rings. The molecular formula is C14H19NO5S. The molecule has 2 N–H and O–H groups in total. The molecule has 2 rings (SSSR count). The van der Waals surface area contributed by atoms with Gasteiger partial charge in [-0.1, -0.05) is 0 Å². The van der Waals surface area contributed by atoms with Gasteiger partial charge in [0, 0.05) is 13.1 Å². The fourth-order valence-corrected chi connectivity index (χ4v) is 3.88. The topological polar surface area (TPSA) is 94.9 Å². The molecule has 21 heavy (non-hydrogen) atoms. The number of carboxylic acid groups (broad SMARTS) is 1. The van der Waals surface area contributed by atoms with Crippen molar-refractivity contribution in [1.82, 2.24) is 4.31 Å². The summed E-state index contributed by atoms with van der Waals surface area (Å²) < 4.78 is 26.4. The quantitative estimate of drug-likeness (QED) is 0.877. The Hall–Kier alpha value is -1.44. The molecule has 0 saturated carbocycles. The summed E-state index contributed by atoms with van der Waals surface area (Å²) in [6.07, 6.45) is 1.55. The van der Waals surface area contributed by atoms with Crippen LogP contribution in [0.2, 0.25) is 0 Å². The van der Waals surface area contributed by atoms with Crippen LogP contribution in [0.3, 0.4) is 0 Å². The third-order valence-corrected chi connectivity index (χ3v) is 5.67. The molecule has 1 aromatic carbocycles. The van der Waals surface area contributed by atoms with Gasteiger partial charge >= 0.3 is 5.97 Å². The first kappa shape index (κ1) is 15.9. The molecule has 1 atom stereocenters. The minimum absolute atomic E-state index is 0.0488. The number of carbonyl (C=O) groups is 1. The number of sulfonamides is 1. The Kier molecular flexibility index (Phi) is 4.36. The number of hydrogen-bond acceptors (Lipinski definition) is 4. The van der Waals surface area contributed by atoms with E-state index in [0.29, 0.717) is 25.8 Å². The van der Waals surface area contributed by atoms with Crippen molar-refractivity contribution in [3.8, 4) is 0 Å². The molecule has 0 aromatic heterocycles. The van der Waals surface area contributed by atoms with Crippen molar-refractivity contribution in [2.24, 2.45) is 0 Å². The van der Waals surface area contributed by atoms with Crippen molar-refractivity contribution in [2.75, 3.05) is 13.1 Å². The monoisotopic (exact) mass is 313 g/mol. The van der Waals surface area contributed by atoms with Crippen LogP contribution in [0.5, 0.6) is 0 Å². The third kappa shape index (κ3) is 3.61. The van der Waals surface area contributed by atoms with Gasteiger partial charge in [0.15, 0.2) is 0 Å². The van der Waals surface area contributed by atoms with Crippen LogP contribution in [0.1, 0.15) is 36.5 Å². The summed E-state index contributed by atoms with van der Waals surface area (Å²) in [5, 5.41) is 18.9. The number of aromatic carboxylic acids is 1. The second-order valence-corrected chi connectivity index (χ2v) is 7.52. The van der Waals surface area contributed by atoms with Gasteiger partial charge in [-0.3, -0.25) is 0 Å². The lowest BCUT2D eigenvalue weighted by atomic mass is 9.98. The number of nitrogens with zero attached hydrogens (tertiary/aromatic N) is 1. The summed E-state index contributed by atoms with van der Waals surface area (Å²) in [4.78, 5) is 10.9. The molecule has 1 heterocycles. The van der Waals surface area contributed by atoms with Crippen LogP contribution < -0.4 is 0 Å². The Bertz CT molecular complexity index is 621. The molecule has 6 nitrogen and oxygen atoms in total. The molecule has 7 heteroatoms. The molecule has 0 aliphatic carbocycles. The fraction of sp³-hybridized carbons (Fsp3) is 0.500. The molecule has 116 valence electrons. The lowest BCUT2D eigenvalue weighted by molar-refractivity contribution is 0.0465. The van der Waals surface area contributed by atoms with Crippen LogP contribution in [0.15, 0.2) is 29.2 Å². The lowest BCUT2D eigenvalue weighted by Gasteiger charge is -2.22. The zero-order chi connectivity index (χ0) is 15.7. The molecule has 0 spiro atoms. The first-order chi connectivity index (χ1) is 9.72. The Morgan fingerprint density at radius 2 is 1.81 bits per heavy atom. The predicted octanol–water partition coefficient (Wildman–Crippen LogP) is 1.31. The average Bonchev–Trinajstić information content (AvgIpc) is 2.60. The van der Waals surface area contributed by atoms with Crippen LogP contribution >= 0.6 is 0 Å². The second kappa shape index (κ2) is 5.75. The van der Waals surface area contributed by atoms with Crippen LogP contribution in [0.4, 0.5) is 0 Å². The van der Waals surface area contributed by atoms with Gasteiger partial charge in [-0.25, -0.2) is 13.2 Å². The number of benzene rings is 1. The molecule has 1 fully saturated rings. The van der Waals surface area contributed by atoms with E-state index >= 15 is 0 Å². The first-order valence-corrected chi connectivity index (χ1v) is 8.22. The Morgan fingerprint density at radius 1 is 1.19 bits per heavy atom. The van der Waals surface area contributed by atoms with E-state index in [1.165, 1.54) is 28.6 Å². The minimum Gasteiger partial charge on any atom is -0.478 e. The summed E-state index contributed by atoms with van der Waals surface area (Å²) in [5.41, 5.74) is -0.787. The van der Waals surface area contributed by atoms with Crippen LogP contribution in [-0.4, -0.2) is 47.6 Å². The molecule has 1 unspecified atom stereocenters.